The maximum absolute atomic E-state index is 12.0. The van der Waals surface area contributed by atoms with Crippen molar-refractivity contribution in [3.63, 3.8) is 0 Å². The maximum Gasteiger partial charge on any atom is 0.410 e. The van der Waals surface area contributed by atoms with Gasteiger partial charge in [0.15, 0.2) is 11.5 Å². The van der Waals surface area contributed by atoms with Crippen LogP contribution in [0.5, 0.6) is 0 Å². The van der Waals surface area contributed by atoms with Crippen LogP contribution in [0.4, 0.5) is 16.3 Å². The standard InChI is InChI=1S/C15H21BrN4O3/c1-15(2,3)23-14(21)20-6-4-11(5-7-20)18-13-12(19-22)8-10(16)9-17-13/h8-9,11H,4-7H2,1-3H3,(H,17,18). The first-order chi connectivity index (χ1) is 10.8. The topological polar surface area (TPSA) is 83.9 Å². The van der Waals surface area contributed by atoms with Gasteiger partial charge in [-0.25, -0.2) is 9.78 Å². The van der Waals surface area contributed by atoms with Gasteiger partial charge in [-0.15, -0.1) is 4.91 Å². The Hall–Kier alpha value is -1.70. The highest BCUT2D eigenvalue weighted by atomic mass is 79.9. The number of piperidine rings is 1. The van der Waals surface area contributed by atoms with Gasteiger partial charge in [-0.2, -0.15) is 0 Å². The maximum atomic E-state index is 12.0. The van der Waals surface area contributed by atoms with Crippen molar-refractivity contribution in [2.24, 2.45) is 5.18 Å². The molecule has 0 bridgehead atoms. The van der Waals surface area contributed by atoms with Crippen molar-refractivity contribution in [2.45, 2.75) is 45.3 Å². The summed E-state index contributed by atoms with van der Waals surface area (Å²) in [5.41, 5.74) is -0.216. The molecule has 8 heteroatoms. The van der Waals surface area contributed by atoms with E-state index in [-0.39, 0.29) is 17.8 Å². The van der Waals surface area contributed by atoms with Crippen LogP contribution in [-0.2, 0) is 4.74 Å². The highest BCUT2D eigenvalue weighted by molar-refractivity contribution is 9.10. The lowest BCUT2D eigenvalue weighted by Crippen LogP contribution is -2.44. The van der Waals surface area contributed by atoms with E-state index in [2.05, 4.69) is 31.4 Å². The van der Waals surface area contributed by atoms with Crippen molar-refractivity contribution in [1.29, 1.82) is 0 Å². The van der Waals surface area contributed by atoms with E-state index in [0.29, 0.717) is 23.4 Å². The average molecular weight is 385 g/mol. The summed E-state index contributed by atoms with van der Waals surface area (Å²) in [6, 6.07) is 1.76. The number of carbonyl (C=O) groups excluding carboxylic acids is 1. The predicted octanol–water partition coefficient (Wildman–Crippen LogP) is 4.05. The Morgan fingerprint density at radius 3 is 2.65 bits per heavy atom. The van der Waals surface area contributed by atoms with Crippen LogP contribution >= 0.6 is 15.9 Å². The van der Waals surface area contributed by atoms with Crippen LogP contribution in [0.15, 0.2) is 21.9 Å². The minimum Gasteiger partial charge on any atom is -0.444 e. The van der Waals surface area contributed by atoms with Crippen LogP contribution in [0.2, 0.25) is 0 Å². The van der Waals surface area contributed by atoms with E-state index in [1.807, 2.05) is 20.8 Å². The lowest BCUT2D eigenvalue weighted by atomic mass is 10.1. The SMILES string of the molecule is CC(C)(C)OC(=O)N1CCC(Nc2ncc(Br)cc2N=O)CC1. The first-order valence-electron chi connectivity index (χ1n) is 7.52. The molecule has 1 aliphatic heterocycles. The van der Waals surface area contributed by atoms with Crippen LogP contribution in [-0.4, -0.2) is 40.7 Å². The minimum absolute atomic E-state index is 0.142. The molecule has 1 N–H and O–H groups in total. The second-order valence-corrected chi connectivity index (χ2v) is 7.41. The molecule has 0 aromatic carbocycles. The number of rotatable bonds is 3. The third kappa shape index (κ3) is 5.16. The smallest absolute Gasteiger partial charge is 0.410 e. The van der Waals surface area contributed by atoms with Gasteiger partial charge in [-0.3, -0.25) is 0 Å². The summed E-state index contributed by atoms with van der Waals surface area (Å²) in [5, 5.41) is 6.22. The molecule has 0 aliphatic carbocycles. The lowest BCUT2D eigenvalue weighted by molar-refractivity contribution is 0.0210. The number of hydrogen-bond acceptors (Lipinski definition) is 6. The predicted molar refractivity (Wildman–Crippen MR) is 91.8 cm³/mol. The summed E-state index contributed by atoms with van der Waals surface area (Å²) in [7, 11) is 0. The molecule has 1 aliphatic rings. The van der Waals surface area contributed by atoms with Crippen molar-refractivity contribution >= 4 is 33.5 Å². The molecular formula is C15H21BrN4O3. The molecule has 1 aromatic rings. The number of hydrogen-bond donors (Lipinski definition) is 1. The number of anilines is 1. The zero-order valence-electron chi connectivity index (χ0n) is 13.5. The third-order valence-electron chi connectivity index (χ3n) is 3.42. The van der Waals surface area contributed by atoms with Crippen molar-refractivity contribution in [3.05, 3.63) is 21.6 Å². The average Bonchev–Trinajstić information content (AvgIpc) is 2.48. The van der Waals surface area contributed by atoms with E-state index >= 15 is 0 Å². The minimum atomic E-state index is -0.488. The second-order valence-electron chi connectivity index (χ2n) is 6.50. The number of ether oxygens (including phenoxy) is 1. The zero-order valence-corrected chi connectivity index (χ0v) is 15.1. The van der Waals surface area contributed by atoms with Crippen LogP contribution < -0.4 is 5.32 Å². The number of pyridine rings is 1. The molecule has 23 heavy (non-hydrogen) atoms. The van der Waals surface area contributed by atoms with E-state index in [9.17, 15) is 9.70 Å². The van der Waals surface area contributed by atoms with Crippen LogP contribution in [0, 0.1) is 4.91 Å². The molecule has 126 valence electrons. The Kier molecular flexibility index (Phi) is 5.56. The van der Waals surface area contributed by atoms with Crippen molar-refractivity contribution in [3.8, 4) is 0 Å². The lowest BCUT2D eigenvalue weighted by Gasteiger charge is -2.34. The number of nitrogens with zero attached hydrogens (tertiary/aromatic N) is 3. The van der Waals surface area contributed by atoms with Gasteiger partial charge in [0.05, 0.1) is 0 Å². The largest absolute Gasteiger partial charge is 0.444 e. The number of likely N-dealkylation sites (tertiary alicyclic amines) is 1. The molecule has 2 rings (SSSR count). The molecule has 2 heterocycles. The Balaban J connectivity index is 1.90. The highest BCUT2D eigenvalue weighted by Gasteiger charge is 2.27. The van der Waals surface area contributed by atoms with E-state index in [0.717, 1.165) is 12.8 Å². The molecule has 0 spiro atoms. The molecule has 0 atom stereocenters. The Morgan fingerprint density at radius 2 is 2.09 bits per heavy atom. The number of aromatic nitrogens is 1. The molecule has 1 fully saturated rings. The number of nitroso groups, excluding NO2 is 1. The van der Waals surface area contributed by atoms with Crippen LogP contribution in [0.25, 0.3) is 0 Å². The van der Waals surface area contributed by atoms with Crippen molar-refractivity contribution in [1.82, 2.24) is 9.88 Å². The summed E-state index contributed by atoms with van der Waals surface area (Å²) in [5.74, 6) is 0.471. The van der Waals surface area contributed by atoms with Gasteiger partial charge in [-0.05, 0) is 60.8 Å². The summed E-state index contributed by atoms with van der Waals surface area (Å²) in [6.07, 6.45) is 2.85. The molecule has 1 aromatic heterocycles. The molecule has 0 unspecified atom stereocenters. The zero-order chi connectivity index (χ0) is 17.0. The van der Waals surface area contributed by atoms with E-state index in [4.69, 9.17) is 4.74 Å². The molecular weight excluding hydrogens is 364 g/mol. The number of amides is 1. The third-order valence-corrected chi connectivity index (χ3v) is 3.85. The quantitative estimate of drug-likeness (QED) is 0.794. The number of carbonyl (C=O) groups is 1. The molecule has 1 saturated heterocycles. The van der Waals surface area contributed by atoms with Gasteiger partial charge in [0.1, 0.15) is 5.60 Å². The Labute approximate surface area is 143 Å². The summed E-state index contributed by atoms with van der Waals surface area (Å²) in [4.78, 5) is 28.8. The van der Waals surface area contributed by atoms with Gasteiger partial charge >= 0.3 is 6.09 Å². The molecule has 0 saturated carbocycles. The first-order valence-corrected chi connectivity index (χ1v) is 8.31. The van der Waals surface area contributed by atoms with Gasteiger partial charge in [0.2, 0.25) is 0 Å². The normalized spacial score (nSPS) is 16.1. The van der Waals surface area contributed by atoms with E-state index < -0.39 is 5.60 Å². The van der Waals surface area contributed by atoms with Crippen molar-refractivity contribution < 1.29 is 9.53 Å². The van der Waals surface area contributed by atoms with E-state index in [1.54, 1.807) is 17.2 Å². The van der Waals surface area contributed by atoms with Gasteiger partial charge < -0.3 is 15.0 Å². The van der Waals surface area contributed by atoms with Gasteiger partial charge in [0, 0.05) is 29.8 Å². The van der Waals surface area contributed by atoms with Crippen LogP contribution in [0.3, 0.4) is 0 Å². The summed E-state index contributed by atoms with van der Waals surface area (Å²) in [6.45, 7) is 6.77. The number of nitrogens with one attached hydrogen (secondary N) is 1. The fourth-order valence-corrected chi connectivity index (χ4v) is 2.65. The highest BCUT2D eigenvalue weighted by Crippen LogP contribution is 2.28. The Morgan fingerprint density at radius 1 is 1.43 bits per heavy atom. The number of halogens is 1. The van der Waals surface area contributed by atoms with Gasteiger partial charge in [0.25, 0.3) is 0 Å². The van der Waals surface area contributed by atoms with Crippen molar-refractivity contribution in [2.75, 3.05) is 18.4 Å². The fraction of sp³-hybridized carbons (Fsp3) is 0.600. The molecule has 1 amide bonds. The van der Waals surface area contributed by atoms with Gasteiger partial charge in [-0.1, -0.05) is 0 Å². The van der Waals surface area contributed by atoms with E-state index in [1.165, 1.54) is 0 Å². The summed E-state index contributed by atoms with van der Waals surface area (Å²) >= 11 is 3.26. The molecule has 7 nitrogen and oxygen atoms in total. The Bertz CT molecular complexity index is 581. The summed E-state index contributed by atoms with van der Waals surface area (Å²) < 4.78 is 6.08. The first kappa shape index (κ1) is 17.7. The monoisotopic (exact) mass is 384 g/mol. The van der Waals surface area contributed by atoms with Crippen LogP contribution in [0.1, 0.15) is 33.6 Å². The second kappa shape index (κ2) is 7.25. The molecule has 0 radical (unpaired) electrons. The fourth-order valence-electron chi connectivity index (χ4n) is 2.34.